The molecule has 0 aliphatic carbocycles. The first-order chi connectivity index (χ1) is 6.61. The van der Waals surface area contributed by atoms with Crippen LogP contribution in [-0.2, 0) is 0 Å². The summed E-state index contributed by atoms with van der Waals surface area (Å²) in [6.07, 6.45) is 4.68. The maximum atomic E-state index is 3.89. The van der Waals surface area contributed by atoms with Crippen molar-refractivity contribution in [3.8, 4) is 0 Å². The van der Waals surface area contributed by atoms with E-state index in [-0.39, 0.29) is 9.84 Å². The predicted molar refractivity (Wildman–Crippen MR) is 80.1 cm³/mol. The van der Waals surface area contributed by atoms with Gasteiger partial charge >= 0.3 is 0 Å². The first kappa shape index (κ1) is 13.9. The molecule has 0 saturated carbocycles. The highest BCUT2D eigenvalue weighted by Crippen LogP contribution is 2.39. The van der Waals surface area contributed by atoms with Gasteiger partial charge in [0.15, 0.2) is 26.6 Å². The van der Waals surface area contributed by atoms with Crippen molar-refractivity contribution in [3.05, 3.63) is 0 Å². The molecule has 4 nitrogen and oxygen atoms in total. The van der Waals surface area contributed by atoms with E-state index in [9.17, 15) is 0 Å². The van der Waals surface area contributed by atoms with Crippen LogP contribution in [0, 0.1) is 0 Å². The Morgan fingerprint density at radius 3 is 1.80 bits per heavy atom. The quantitative estimate of drug-likeness (QED) is 0.624. The molecule has 0 aromatic rings. The maximum absolute atomic E-state index is 3.89. The molecule has 1 aliphatic rings. The molecule has 92 valence electrons. The summed E-state index contributed by atoms with van der Waals surface area (Å²) in [6, 6.07) is 0. The highest BCUT2D eigenvalue weighted by Gasteiger charge is 2.48. The molecule has 8 heteroatoms. The molecule has 0 bridgehead atoms. The van der Waals surface area contributed by atoms with Gasteiger partial charge in [-0.1, -0.05) is 0 Å². The third-order valence-electron chi connectivity index (χ3n) is 2.68. The lowest BCUT2D eigenvalue weighted by molar-refractivity contribution is 0.851. The van der Waals surface area contributed by atoms with Crippen molar-refractivity contribution in [1.82, 2.24) is 17.7 Å². The van der Waals surface area contributed by atoms with Crippen LogP contribution in [0.15, 0.2) is 0 Å². The number of hydrogen-bond donors (Lipinski definition) is 3. The predicted octanol–water partition coefficient (Wildman–Crippen LogP) is -0.00280. The zero-order chi connectivity index (χ0) is 11.9. The molecular formula is C7H26N4SSi3. The van der Waals surface area contributed by atoms with Gasteiger partial charge in [0, 0.05) is 0 Å². The Hall–Kier alpha value is 0.841. The minimum Gasteiger partial charge on any atom is -0.336 e. The first-order valence-electron chi connectivity index (χ1n) is 5.34. The van der Waals surface area contributed by atoms with Crippen LogP contribution in [0.2, 0.25) is 26.2 Å². The lowest BCUT2D eigenvalue weighted by Crippen LogP contribution is -2.81. The molecule has 1 fully saturated rings. The van der Waals surface area contributed by atoms with Crippen LogP contribution < -0.4 is 13.8 Å². The number of nitrogens with one attached hydrogen (secondary N) is 3. The molecule has 0 aromatic carbocycles. The second kappa shape index (κ2) is 4.26. The zero-order valence-electron chi connectivity index (χ0n) is 11.1. The monoisotopic (exact) mass is 282 g/mol. The molecule has 0 unspecified atom stereocenters. The summed E-state index contributed by atoms with van der Waals surface area (Å²) < 4.78 is 10.6. The van der Waals surface area contributed by atoms with E-state index in [1.165, 1.54) is 0 Å². The summed E-state index contributed by atoms with van der Waals surface area (Å²) in [7, 11) is -1.75. The van der Waals surface area contributed by atoms with Crippen molar-refractivity contribution in [2.45, 2.75) is 26.2 Å². The summed E-state index contributed by atoms with van der Waals surface area (Å²) >= 11 is 0. The summed E-state index contributed by atoms with van der Waals surface area (Å²) in [5.74, 6) is 0. The van der Waals surface area contributed by atoms with E-state index in [0.717, 1.165) is 0 Å². The molecule has 0 aromatic heterocycles. The van der Waals surface area contributed by atoms with E-state index in [4.69, 9.17) is 0 Å². The Morgan fingerprint density at radius 2 is 1.47 bits per heavy atom. The van der Waals surface area contributed by atoms with Crippen molar-refractivity contribution in [2.75, 3.05) is 19.6 Å². The fraction of sp³-hybridized carbons (Fsp3) is 1.00. The molecule has 0 spiro atoms. The topological polar surface area (TPSA) is 39.3 Å². The largest absolute Gasteiger partial charge is 0.336 e. The average molecular weight is 283 g/mol. The summed E-state index contributed by atoms with van der Waals surface area (Å²) in [4.78, 5) is 3.44. The van der Waals surface area contributed by atoms with E-state index in [2.05, 4.69) is 63.4 Å². The van der Waals surface area contributed by atoms with Gasteiger partial charge in [-0.3, -0.25) is 8.78 Å². The highest BCUT2D eigenvalue weighted by atomic mass is 32.3. The number of nitrogens with zero attached hydrogens (tertiary/aromatic N) is 1. The molecule has 1 aliphatic heterocycles. The molecule has 0 radical (unpaired) electrons. The van der Waals surface area contributed by atoms with Crippen molar-refractivity contribution in [1.29, 1.82) is 0 Å². The van der Waals surface area contributed by atoms with Crippen molar-refractivity contribution in [2.24, 2.45) is 0 Å². The van der Waals surface area contributed by atoms with Crippen molar-refractivity contribution < 1.29 is 0 Å². The molecule has 0 amide bonds. The third kappa shape index (κ3) is 3.16. The van der Waals surface area contributed by atoms with Crippen LogP contribution in [-0.4, -0.2) is 50.1 Å². The maximum Gasteiger partial charge on any atom is 0.195 e. The van der Waals surface area contributed by atoms with E-state index < -0.39 is 27.2 Å². The normalized spacial score (nSPS) is 31.9. The van der Waals surface area contributed by atoms with Gasteiger partial charge in [0.2, 0.25) is 0 Å². The van der Waals surface area contributed by atoms with Crippen LogP contribution in [0.5, 0.6) is 0 Å². The summed E-state index contributed by atoms with van der Waals surface area (Å²) in [5.41, 5.74) is 0. The van der Waals surface area contributed by atoms with Gasteiger partial charge in [-0.25, -0.2) is 0 Å². The summed E-state index contributed by atoms with van der Waals surface area (Å²) in [6.45, 7) is 9.78. The smallest absolute Gasteiger partial charge is 0.195 e. The first-order valence-corrected chi connectivity index (χ1v) is 15.0. The Bertz CT molecular complexity index is 226. The van der Waals surface area contributed by atoms with Gasteiger partial charge in [0.25, 0.3) is 0 Å². The van der Waals surface area contributed by atoms with Crippen molar-refractivity contribution in [3.63, 3.8) is 0 Å². The van der Waals surface area contributed by atoms with Crippen LogP contribution in [0.25, 0.3) is 0 Å². The van der Waals surface area contributed by atoms with Gasteiger partial charge in [-0.15, -0.1) is 0 Å². The van der Waals surface area contributed by atoms with Crippen LogP contribution in [0.3, 0.4) is 0 Å². The van der Waals surface area contributed by atoms with Crippen LogP contribution in [0.1, 0.15) is 0 Å². The van der Waals surface area contributed by atoms with Crippen molar-refractivity contribution >= 4 is 37.0 Å². The van der Waals surface area contributed by atoms with Gasteiger partial charge in [0.1, 0.15) is 0 Å². The van der Waals surface area contributed by atoms with Gasteiger partial charge in [0.05, 0.1) is 0 Å². The van der Waals surface area contributed by atoms with E-state index in [0.29, 0.717) is 0 Å². The van der Waals surface area contributed by atoms with Gasteiger partial charge in [-0.05, 0) is 45.7 Å². The molecule has 15 heavy (non-hydrogen) atoms. The minimum absolute atomic E-state index is 0.286. The molecule has 1 heterocycles. The fourth-order valence-corrected chi connectivity index (χ4v) is 26.2. The lowest BCUT2D eigenvalue weighted by atomic mass is 11.6. The number of hydrogen-bond acceptors (Lipinski definition) is 4. The Balaban J connectivity index is 2.95. The Morgan fingerprint density at radius 1 is 1.07 bits per heavy atom. The third-order valence-corrected chi connectivity index (χ3v) is 23.1. The minimum atomic E-state index is -1.39. The highest BCUT2D eigenvalue weighted by molar-refractivity contribution is 8.31. The van der Waals surface area contributed by atoms with E-state index in [1.54, 1.807) is 0 Å². The average Bonchev–Trinajstić information content (AvgIpc) is 1.92. The number of rotatable bonds is 2. The SMILES string of the molecule is CN[SiH2]N1[Si](C)(C)NS(C)(C)N[Si]1(C)C. The van der Waals surface area contributed by atoms with E-state index in [1.807, 2.05) is 0 Å². The van der Waals surface area contributed by atoms with Crippen LogP contribution in [0.4, 0.5) is 0 Å². The van der Waals surface area contributed by atoms with Gasteiger partial charge in [-0.2, -0.15) is 10.4 Å². The second-order valence-corrected chi connectivity index (χ2v) is 20.6. The Kier molecular flexibility index (Phi) is 3.95. The fourth-order valence-electron chi connectivity index (χ4n) is 2.64. The second-order valence-electron chi connectivity index (χ2n) is 5.59. The zero-order valence-corrected chi connectivity index (χ0v) is 15.3. The molecule has 0 atom stereocenters. The van der Waals surface area contributed by atoms with Crippen LogP contribution >= 0.6 is 10.4 Å². The van der Waals surface area contributed by atoms with Gasteiger partial charge < -0.3 is 8.88 Å². The summed E-state index contributed by atoms with van der Waals surface area (Å²) in [5, 5.41) is 0. The molecule has 1 rings (SSSR count). The lowest BCUT2D eigenvalue weighted by Gasteiger charge is -2.59. The Labute approximate surface area is 100 Å². The standard InChI is InChI=1S/C7H26N4SSi3/c1-8-13-11-14(4,5)9-12(2,3)10-15(11,6)7/h8-10H,13H2,1-7H3. The van der Waals surface area contributed by atoms with E-state index >= 15 is 0 Å². The molecular weight excluding hydrogens is 256 g/mol. The molecule has 1 saturated heterocycles. The molecule has 3 N–H and O–H groups in total.